The third-order valence-electron chi connectivity index (χ3n) is 3.22. The second-order valence-electron chi connectivity index (χ2n) is 4.24. The Bertz CT molecular complexity index is 463. The summed E-state index contributed by atoms with van der Waals surface area (Å²) in [5.74, 6) is 0. The second-order valence-corrected chi connectivity index (χ2v) is 5.68. The molecule has 0 spiro atoms. The molecule has 2 unspecified atom stereocenters. The number of methoxy groups -OCH3 is 1. The number of rotatable bonds is 2. The lowest BCUT2D eigenvalue weighted by Crippen LogP contribution is -2.32. The number of nitrogens with zero attached hydrogens (tertiary/aromatic N) is 2. The summed E-state index contributed by atoms with van der Waals surface area (Å²) in [6.07, 6.45) is 5.81. The van der Waals surface area contributed by atoms with E-state index in [9.17, 15) is 4.79 Å². The van der Waals surface area contributed by atoms with Crippen molar-refractivity contribution < 1.29 is 4.74 Å². The van der Waals surface area contributed by atoms with Gasteiger partial charge in [0.1, 0.15) is 8.72 Å². The Morgan fingerprint density at radius 2 is 2.35 bits per heavy atom. The van der Waals surface area contributed by atoms with Gasteiger partial charge >= 0.3 is 0 Å². The minimum Gasteiger partial charge on any atom is -0.381 e. The molecular formula is C11H14ClIN2O2. The molecule has 17 heavy (non-hydrogen) atoms. The van der Waals surface area contributed by atoms with Gasteiger partial charge in [-0.1, -0.05) is 11.6 Å². The highest BCUT2D eigenvalue weighted by molar-refractivity contribution is 14.1. The van der Waals surface area contributed by atoms with Crippen LogP contribution in [0.2, 0.25) is 5.15 Å². The topological polar surface area (TPSA) is 44.1 Å². The van der Waals surface area contributed by atoms with E-state index >= 15 is 0 Å². The lowest BCUT2D eigenvalue weighted by atomic mass is 9.92. The van der Waals surface area contributed by atoms with E-state index in [1.807, 2.05) is 22.6 Å². The Morgan fingerprint density at radius 1 is 1.59 bits per heavy atom. The summed E-state index contributed by atoms with van der Waals surface area (Å²) in [6, 6.07) is 0.180. The highest BCUT2D eigenvalue weighted by Crippen LogP contribution is 2.29. The minimum absolute atomic E-state index is 0.0487. The Hall–Kier alpha value is -0.140. The predicted molar refractivity (Wildman–Crippen MR) is 74.5 cm³/mol. The molecule has 0 aliphatic heterocycles. The number of hydrogen-bond acceptors (Lipinski definition) is 3. The fraction of sp³-hybridized carbons (Fsp3) is 0.636. The molecule has 0 bridgehead atoms. The first-order valence-electron chi connectivity index (χ1n) is 5.58. The van der Waals surface area contributed by atoms with Crippen molar-refractivity contribution in [1.82, 2.24) is 9.55 Å². The molecule has 1 saturated carbocycles. The Balaban J connectivity index is 2.28. The first kappa shape index (κ1) is 13.3. The van der Waals surface area contributed by atoms with Crippen molar-refractivity contribution in [2.75, 3.05) is 7.11 Å². The molecule has 6 heteroatoms. The van der Waals surface area contributed by atoms with Gasteiger partial charge in [0.25, 0.3) is 5.56 Å². The Morgan fingerprint density at radius 3 is 3.06 bits per heavy atom. The lowest BCUT2D eigenvalue weighted by Gasteiger charge is -2.29. The molecule has 4 nitrogen and oxygen atoms in total. The van der Waals surface area contributed by atoms with Crippen LogP contribution < -0.4 is 5.56 Å². The minimum atomic E-state index is -0.0487. The quantitative estimate of drug-likeness (QED) is 0.595. The third-order valence-corrected chi connectivity index (χ3v) is 4.80. The molecule has 1 aromatic heterocycles. The average Bonchev–Trinajstić information content (AvgIpc) is 2.36. The molecule has 2 atom stereocenters. The van der Waals surface area contributed by atoms with E-state index in [0.717, 1.165) is 25.7 Å². The molecule has 0 aromatic carbocycles. The number of halogens is 2. The van der Waals surface area contributed by atoms with Crippen molar-refractivity contribution >= 4 is 34.2 Å². The van der Waals surface area contributed by atoms with Crippen molar-refractivity contribution in [1.29, 1.82) is 0 Å². The smallest absolute Gasteiger partial charge is 0.268 e. The van der Waals surface area contributed by atoms with Crippen LogP contribution in [0, 0.1) is 3.57 Å². The molecule has 0 saturated heterocycles. The van der Waals surface area contributed by atoms with Crippen molar-refractivity contribution in [3.05, 3.63) is 25.4 Å². The van der Waals surface area contributed by atoms with E-state index in [1.165, 1.54) is 0 Å². The maximum Gasteiger partial charge on any atom is 0.268 e. The summed E-state index contributed by atoms with van der Waals surface area (Å²) in [5, 5.41) is 0.283. The van der Waals surface area contributed by atoms with E-state index in [-0.39, 0.29) is 22.9 Å². The van der Waals surface area contributed by atoms with Crippen LogP contribution in [0.25, 0.3) is 0 Å². The van der Waals surface area contributed by atoms with Gasteiger partial charge in [0.05, 0.1) is 12.4 Å². The molecule has 1 aliphatic rings. The van der Waals surface area contributed by atoms with Gasteiger partial charge in [-0.25, -0.2) is 4.98 Å². The van der Waals surface area contributed by atoms with Crippen molar-refractivity contribution in [2.45, 2.75) is 37.8 Å². The van der Waals surface area contributed by atoms with Gasteiger partial charge in [-0.2, -0.15) is 0 Å². The molecule has 0 radical (unpaired) electrons. The van der Waals surface area contributed by atoms with Gasteiger partial charge in [0.2, 0.25) is 0 Å². The number of hydrogen-bond donors (Lipinski definition) is 0. The van der Waals surface area contributed by atoms with Gasteiger partial charge in [0.15, 0.2) is 0 Å². The first-order valence-corrected chi connectivity index (χ1v) is 7.04. The van der Waals surface area contributed by atoms with Crippen LogP contribution in [0.5, 0.6) is 0 Å². The first-order chi connectivity index (χ1) is 8.13. The SMILES string of the molecule is COC1CCCC(n2cnc(Cl)c(I)c2=O)C1. The summed E-state index contributed by atoms with van der Waals surface area (Å²) in [5.41, 5.74) is -0.0487. The van der Waals surface area contributed by atoms with Gasteiger partial charge in [0, 0.05) is 13.2 Å². The van der Waals surface area contributed by atoms with Gasteiger partial charge in [-0.3, -0.25) is 9.36 Å². The van der Waals surface area contributed by atoms with E-state index in [2.05, 4.69) is 4.98 Å². The molecule has 0 amide bonds. The molecule has 1 aromatic rings. The normalized spacial score (nSPS) is 24.9. The fourth-order valence-corrected chi connectivity index (χ4v) is 2.81. The summed E-state index contributed by atoms with van der Waals surface area (Å²) in [6.45, 7) is 0. The monoisotopic (exact) mass is 368 g/mol. The van der Waals surface area contributed by atoms with Crippen LogP contribution in [0.1, 0.15) is 31.7 Å². The number of aromatic nitrogens is 2. The van der Waals surface area contributed by atoms with E-state index in [0.29, 0.717) is 3.57 Å². The molecule has 1 heterocycles. The van der Waals surface area contributed by atoms with Crippen LogP contribution in [0.3, 0.4) is 0 Å². The highest BCUT2D eigenvalue weighted by atomic mass is 127. The zero-order valence-corrected chi connectivity index (χ0v) is 12.4. The second kappa shape index (κ2) is 5.67. The van der Waals surface area contributed by atoms with Crippen LogP contribution in [-0.2, 0) is 4.74 Å². The standard InChI is InChI=1S/C11H14ClIN2O2/c1-17-8-4-2-3-7(5-8)15-6-14-10(12)9(13)11(15)16/h6-8H,2-5H2,1H3. The lowest BCUT2D eigenvalue weighted by molar-refractivity contribution is 0.0522. The van der Waals surface area contributed by atoms with Crippen molar-refractivity contribution in [3.8, 4) is 0 Å². The van der Waals surface area contributed by atoms with E-state index in [4.69, 9.17) is 16.3 Å². The molecular weight excluding hydrogens is 354 g/mol. The van der Waals surface area contributed by atoms with Crippen LogP contribution >= 0.6 is 34.2 Å². The summed E-state index contributed by atoms with van der Waals surface area (Å²) < 4.78 is 7.56. The Labute approximate surface area is 118 Å². The zero-order chi connectivity index (χ0) is 12.4. The Kier molecular flexibility index (Phi) is 4.43. The van der Waals surface area contributed by atoms with Crippen LogP contribution in [0.15, 0.2) is 11.1 Å². The maximum atomic E-state index is 12.1. The van der Waals surface area contributed by atoms with Gasteiger partial charge in [-0.05, 0) is 48.3 Å². The third kappa shape index (κ3) is 2.82. The van der Waals surface area contributed by atoms with E-state index < -0.39 is 0 Å². The van der Waals surface area contributed by atoms with Crippen LogP contribution in [0.4, 0.5) is 0 Å². The van der Waals surface area contributed by atoms with E-state index in [1.54, 1.807) is 18.0 Å². The van der Waals surface area contributed by atoms with Crippen LogP contribution in [-0.4, -0.2) is 22.8 Å². The highest BCUT2D eigenvalue weighted by Gasteiger charge is 2.24. The van der Waals surface area contributed by atoms with Gasteiger partial charge in [-0.15, -0.1) is 0 Å². The summed E-state index contributed by atoms with van der Waals surface area (Å²) in [4.78, 5) is 16.1. The molecule has 2 rings (SSSR count). The zero-order valence-electron chi connectivity index (χ0n) is 9.53. The molecule has 0 N–H and O–H groups in total. The predicted octanol–water partition coefficient (Wildman–Crippen LogP) is 2.63. The fourth-order valence-electron chi connectivity index (χ4n) is 2.27. The van der Waals surface area contributed by atoms with Crippen molar-refractivity contribution in [3.63, 3.8) is 0 Å². The van der Waals surface area contributed by atoms with Gasteiger partial charge < -0.3 is 4.74 Å². The maximum absolute atomic E-state index is 12.1. The number of ether oxygens (including phenoxy) is 1. The summed E-state index contributed by atoms with van der Waals surface area (Å²) in [7, 11) is 1.72. The molecule has 1 aliphatic carbocycles. The molecule has 1 fully saturated rings. The molecule has 94 valence electrons. The van der Waals surface area contributed by atoms with Crippen molar-refractivity contribution in [2.24, 2.45) is 0 Å². The average molecular weight is 369 g/mol. The largest absolute Gasteiger partial charge is 0.381 e. The summed E-state index contributed by atoms with van der Waals surface area (Å²) >= 11 is 7.77.